The van der Waals surface area contributed by atoms with Crippen LogP contribution < -0.4 is 14.2 Å². The second kappa shape index (κ2) is 18.2. The molecule has 0 N–H and O–H groups in total. The number of pyridine rings is 1. The molecule has 18 rings (SSSR count). The van der Waals surface area contributed by atoms with E-state index in [1.165, 1.54) is 69.9 Å². The van der Waals surface area contributed by atoms with Crippen LogP contribution in [-0.2, 0) is 21.1 Å². The van der Waals surface area contributed by atoms with Crippen LogP contribution in [0.15, 0.2) is 176 Å². The number of para-hydroxylation sites is 4. The largest absolute Gasteiger partial charge is 0.510 e. The third kappa shape index (κ3) is 7.59. The molecule has 8 aliphatic rings. The number of anilines is 1. The molecule has 7 heteroatoms. The topological polar surface area (TPSA) is 39.1 Å². The molecule has 8 fully saturated rings. The summed E-state index contributed by atoms with van der Waals surface area (Å²) in [5, 5.41) is 2.13. The van der Waals surface area contributed by atoms with E-state index in [2.05, 4.69) is 70.4 Å². The second-order valence-electron chi connectivity index (χ2n) is 22.5. The maximum atomic E-state index is 9.10. The van der Waals surface area contributed by atoms with Gasteiger partial charge in [-0.2, -0.15) is 18.2 Å². The number of fused-ring (bicyclic) bond motifs is 4. The molecule has 0 radical (unpaired) electrons. The number of ether oxygens (including phenoxy) is 1. The Labute approximate surface area is 468 Å². The van der Waals surface area contributed by atoms with Gasteiger partial charge in [-0.15, -0.1) is 29.7 Å². The average Bonchev–Trinajstić information content (AvgIpc) is 1.91. The predicted molar refractivity (Wildman–Crippen MR) is 295 cm³/mol. The number of rotatable bonds is 10. The molecule has 8 bridgehead atoms. The van der Waals surface area contributed by atoms with Crippen molar-refractivity contribution in [3.63, 3.8) is 0 Å². The first-order chi connectivity index (χ1) is 40.8. The molecule has 0 unspecified atom stereocenters. The van der Waals surface area contributed by atoms with Crippen LogP contribution in [0.25, 0.3) is 72.3 Å². The van der Waals surface area contributed by atoms with E-state index in [1.807, 2.05) is 54.7 Å². The van der Waals surface area contributed by atoms with Crippen molar-refractivity contribution in [1.82, 2.24) is 14.1 Å². The molecule has 0 saturated heterocycles. The van der Waals surface area contributed by atoms with Gasteiger partial charge in [0.05, 0.1) is 30.4 Å². The minimum atomic E-state index is -0.562. The van der Waals surface area contributed by atoms with Gasteiger partial charge in [0.15, 0.2) is 0 Å². The Morgan fingerprint density at radius 3 is 1.77 bits per heavy atom. The fraction of sp³-hybridized carbons (Fsp3) is 0.294. The van der Waals surface area contributed by atoms with Crippen molar-refractivity contribution in [3.05, 3.63) is 194 Å². The van der Waals surface area contributed by atoms with E-state index < -0.39 is 60.4 Å². The first kappa shape index (κ1) is 36.3. The predicted octanol–water partition coefficient (Wildman–Crippen LogP) is 15.4. The second-order valence-corrected chi connectivity index (χ2v) is 22.5. The summed E-state index contributed by atoms with van der Waals surface area (Å²) in [7, 11) is 0. The standard InChI is InChI=1S/C68H59N5O.Pt/c1-3-13-47(14-4-1)57-20-12-21-58(48-15-5-2-6-16-48)68(57)71-42-70(62-23-9-10-24-63(62)71)53-17-11-18-55(39-53)74-56-25-26-60-59-19-7-8-22-61(59)73(64(60)41-56)65-40-54(27-28-69-65)72(66-49-31-43-29-44(33-49)34-50(66)32-43)67-51-35-45-30-46(37-51)38-52(67)36-45;/h1-28,40,43-46,49-52,66-67H,29-38H2;/q-2;/i1D,2D,3D,4D,5D,6D,13D,14D,15D,16D;. The Morgan fingerprint density at radius 2 is 1.13 bits per heavy atom. The van der Waals surface area contributed by atoms with Gasteiger partial charge in [0, 0.05) is 68.1 Å². The van der Waals surface area contributed by atoms with E-state index in [-0.39, 0.29) is 49.0 Å². The van der Waals surface area contributed by atoms with E-state index in [0.29, 0.717) is 40.3 Å². The van der Waals surface area contributed by atoms with Gasteiger partial charge in [-0.3, -0.25) is 4.57 Å². The zero-order chi connectivity index (χ0) is 57.1. The van der Waals surface area contributed by atoms with Crippen molar-refractivity contribution in [2.24, 2.45) is 47.3 Å². The Balaban J connectivity index is 0.00000613. The zero-order valence-electron chi connectivity index (χ0n) is 51.3. The van der Waals surface area contributed by atoms with Gasteiger partial charge in [-0.05, 0) is 157 Å². The fourth-order valence-corrected chi connectivity index (χ4v) is 16.2. The molecular formula is C68H59N5OPt-2. The molecule has 10 aromatic rings. The molecule has 6 nitrogen and oxygen atoms in total. The summed E-state index contributed by atoms with van der Waals surface area (Å²) in [6.07, 6.45) is 19.4. The van der Waals surface area contributed by atoms with E-state index in [9.17, 15) is 0 Å². The number of hydrogen-bond acceptors (Lipinski definition) is 3. The molecule has 0 atom stereocenters. The summed E-state index contributed by atoms with van der Waals surface area (Å²) in [5.74, 6) is 8.33. The molecule has 0 spiro atoms. The fourth-order valence-electron chi connectivity index (χ4n) is 16.2. The number of benzene rings is 7. The van der Waals surface area contributed by atoms with Crippen LogP contribution in [0.2, 0.25) is 0 Å². The van der Waals surface area contributed by atoms with Crippen LogP contribution in [0.1, 0.15) is 77.9 Å². The van der Waals surface area contributed by atoms with Crippen molar-refractivity contribution in [1.29, 1.82) is 0 Å². The monoisotopic (exact) mass is 1170 g/mol. The molecule has 8 aliphatic carbocycles. The molecule has 3 heterocycles. The van der Waals surface area contributed by atoms with Crippen LogP contribution in [0, 0.1) is 65.8 Å². The van der Waals surface area contributed by atoms with Gasteiger partial charge in [-0.25, -0.2) is 4.98 Å². The molecule has 3 aromatic heterocycles. The first-order valence-corrected chi connectivity index (χ1v) is 26.9. The third-order valence-corrected chi connectivity index (χ3v) is 18.4. The van der Waals surface area contributed by atoms with Crippen molar-refractivity contribution in [2.45, 2.75) is 76.3 Å². The molecule has 75 heavy (non-hydrogen) atoms. The van der Waals surface area contributed by atoms with Gasteiger partial charge < -0.3 is 18.8 Å². The third-order valence-electron chi connectivity index (χ3n) is 18.4. The molecule has 0 aliphatic heterocycles. The van der Waals surface area contributed by atoms with Gasteiger partial charge in [0.25, 0.3) is 6.33 Å². The number of hydrogen-bond donors (Lipinski definition) is 0. The summed E-state index contributed by atoms with van der Waals surface area (Å²) in [6, 6.07) is 38.2. The quantitative estimate of drug-likeness (QED) is 0.101. The van der Waals surface area contributed by atoms with Crippen molar-refractivity contribution < 1.29 is 44.1 Å². The minimum Gasteiger partial charge on any atom is -0.510 e. The van der Waals surface area contributed by atoms with Crippen molar-refractivity contribution >= 4 is 38.5 Å². The molecule has 7 aromatic carbocycles. The minimum absolute atomic E-state index is 0. The summed E-state index contributed by atoms with van der Waals surface area (Å²) in [5.41, 5.74) is 5.16. The van der Waals surface area contributed by atoms with Crippen molar-refractivity contribution in [3.8, 4) is 50.9 Å². The maximum Gasteiger partial charge on any atom is 0.268 e. The molecule has 374 valence electrons. The van der Waals surface area contributed by atoms with Crippen LogP contribution in [0.5, 0.6) is 11.5 Å². The number of imidazole rings is 1. The van der Waals surface area contributed by atoms with Crippen LogP contribution in [0.3, 0.4) is 0 Å². The molecular weight excluding hydrogens is 1100 g/mol. The van der Waals surface area contributed by atoms with E-state index in [1.54, 1.807) is 27.3 Å². The smallest absolute Gasteiger partial charge is 0.268 e. The molecule has 0 amide bonds. The summed E-state index contributed by atoms with van der Waals surface area (Å²) in [6.45, 7) is 0. The SMILES string of the molecule is [2H]c1c([2H])c([2H])c(-c2cccc(-c3c([2H])c([2H])c([2H])c([2H])c3[2H])c2-[n+]2[c-]n(-c3[c-]c(Oc4[c-]c5c(cc4)c4ccccc4n5-c4cc(N(C5C6CC7CC(C6)CC5C7)C5C6CC7CC(C6)CC5C7)ccn4)ccc3)c3ccccc32)c([2H])c1[2H].[Pt]. The van der Waals surface area contributed by atoms with Crippen LogP contribution in [-0.4, -0.2) is 26.2 Å². The van der Waals surface area contributed by atoms with Crippen LogP contribution in [0.4, 0.5) is 5.69 Å². The summed E-state index contributed by atoms with van der Waals surface area (Å²) >= 11 is 0. The maximum absolute atomic E-state index is 9.10. The number of aromatic nitrogens is 4. The van der Waals surface area contributed by atoms with Gasteiger partial charge in [0.2, 0.25) is 0 Å². The molecule has 8 saturated carbocycles. The Morgan fingerprint density at radius 1 is 0.560 bits per heavy atom. The van der Waals surface area contributed by atoms with E-state index >= 15 is 0 Å². The van der Waals surface area contributed by atoms with Gasteiger partial charge in [-0.1, -0.05) is 127 Å². The van der Waals surface area contributed by atoms with Crippen molar-refractivity contribution in [2.75, 3.05) is 4.90 Å². The Kier molecular flexibility index (Phi) is 8.81. The summed E-state index contributed by atoms with van der Waals surface area (Å²) < 4.78 is 100. The van der Waals surface area contributed by atoms with Gasteiger partial charge >= 0.3 is 0 Å². The first-order valence-electron chi connectivity index (χ1n) is 31.9. The number of nitrogens with zero attached hydrogens (tertiary/aromatic N) is 5. The average molecular weight is 1170 g/mol. The normalized spacial score (nSPS) is 27.9. The Bertz CT molecular complexity index is 4170. The van der Waals surface area contributed by atoms with E-state index in [0.717, 1.165) is 75.0 Å². The summed E-state index contributed by atoms with van der Waals surface area (Å²) in [4.78, 5) is 8.24. The van der Waals surface area contributed by atoms with Gasteiger partial charge in [0.1, 0.15) is 5.82 Å². The van der Waals surface area contributed by atoms with Crippen LogP contribution >= 0.6 is 0 Å². The van der Waals surface area contributed by atoms with E-state index in [4.69, 9.17) is 23.4 Å². The Hall–Kier alpha value is -6.75. The zero-order valence-corrected chi connectivity index (χ0v) is 43.5.